The van der Waals surface area contributed by atoms with Gasteiger partial charge in [-0.1, -0.05) is 25.1 Å². The summed E-state index contributed by atoms with van der Waals surface area (Å²) in [6.07, 6.45) is 2.34. The Morgan fingerprint density at radius 3 is 2.71 bits per heavy atom. The van der Waals surface area contributed by atoms with Crippen molar-refractivity contribution in [2.75, 3.05) is 16.8 Å². The normalized spacial score (nSPS) is 29.5. The summed E-state index contributed by atoms with van der Waals surface area (Å²) >= 11 is 0. The molecule has 174 valence electrons. The molecule has 4 heterocycles. The SMILES string of the molecule is CCc1ccc2c(c1)[C@]1(C(=O)N2)[C@@H]2C(=O)N(c3cccc([N+](=O)[O-])c3C)C(=O)[C@@H]2[C@@H]2CCCN21. The van der Waals surface area contributed by atoms with Gasteiger partial charge in [0.15, 0.2) is 0 Å². The average molecular weight is 460 g/mol. The molecule has 0 saturated carbocycles. The largest absolute Gasteiger partial charge is 0.324 e. The molecule has 2 aromatic carbocycles. The van der Waals surface area contributed by atoms with E-state index in [0.29, 0.717) is 12.2 Å². The van der Waals surface area contributed by atoms with Crippen LogP contribution in [-0.2, 0) is 26.3 Å². The average Bonchev–Trinajstić information content (AvgIpc) is 3.52. The van der Waals surface area contributed by atoms with Gasteiger partial charge in [-0.2, -0.15) is 0 Å². The molecule has 34 heavy (non-hydrogen) atoms. The summed E-state index contributed by atoms with van der Waals surface area (Å²) < 4.78 is 0. The lowest BCUT2D eigenvalue weighted by atomic mass is 9.75. The van der Waals surface area contributed by atoms with Crippen molar-refractivity contribution in [1.29, 1.82) is 0 Å². The number of hydrogen-bond donors (Lipinski definition) is 1. The molecule has 0 radical (unpaired) electrons. The third kappa shape index (κ3) is 2.34. The van der Waals surface area contributed by atoms with E-state index in [-0.39, 0.29) is 34.8 Å². The van der Waals surface area contributed by atoms with Crippen LogP contribution in [0.4, 0.5) is 17.1 Å². The zero-order chi connectivity index (χ0) is 23.9. The van der Waals surface area contributed by atoms with Crippen molar-refractivity contribution >= 4 is 34.8 Å². The van der Waals surface area contributed by atoms with Gasteiger partial charge in [-0.25, -0.2) is 4.90 Å². The Kier molecular flexibility index (Phi) is 4.29. The second-order valence-electron chi connectivity index (χ2n) is 9.55. The highest BCUT2D eigenvalue weighted by Gasteiger charge is 2.74. The van der Waals surface area contributed by atoms with Gasteiger partial charge in [-0.15, -0.1) is 0 Å². The van der Waals surface area contributed by atoms with Gasteiger partial charge in [0, 0.05) is 23.4 Å². The number of carbonyl (C=O) groups is 3. The number of nitrogens with zero attached hydrogens (tertiary/aromatic N) is 3. The van der Waals surface area contributed by atoms with Gasteiger partial charge in [-0.3, -0.25) is 29.4 Å². The summed E-state index contributed by atoms with van der Waals surface area (Å²) in [5, 5.41) is 14.5. The van der Waals surface area contributed by atoms with E-state index in [1.54, 1.807) is 13.0 Å². The second kappa shape index (κ2) is 6.96. The second-order valence-corrected chi connectivity index (χ2v) is 9.55. The summed E-state index contributed by atoms with van der Waals surface area (Å²) in [6.45, 7) is 4.22. The van der Waals surface area contributed by atoms with Crippen LogP contribution in [0.15, 0.2) is 36.4 Å². The molecule has 6 rings (SSSR count). The molecule has 1 N–H and O–H groups in total. The van der Waals surface area contributed by atoms with Crippen LogP contribution in [0.5, 0.6) is 0 Å². The lowest BCUT2D eigenvalue weighted by Gasteiger charge is -2.37. The maximum Gasteiger partial charge on any atom is 0.274 e. The van der Waals surface area contributed by atoms with E-state index < -0.39 is 28.2 Å². The van der Waals surface area contributed by atoms with Crippen LogP contribution in [0.25, 0.3) is 0 Å². The fourth-order valence-electron chi connectivity index (χ4n) is 6.76. The van der Waals surface area contributed by atoms with Crippen molar-refractivity contribution in [3.8, 4) is 0 Å². The monoisotopic (exact) mass is 460 g/mol. The summed E-state index contributed by atoms with van der Waals surface area (Å²) in [7, 11) is 0. The van der Waals surface area contributed by atoms with Gasteiger partial charge in [0.2, 0.25) is 17.7 Å². The van der Waals surface area contributed by atoms with Crippen molar-refractivity contribution in [1.82, 2.24) is 4.90 Å². The Balaban J connectivity index is 1.55. The zero-order valence-corrected chi connectivity index (χ0v) is 18.9. The Bertz CT molecular complexity index is 1310. The summed E-state index contributed by atoms with van der Waals surface area (Å²) in [4.78, 5) is 55.8. The van der Waals surface area contributed by atoms with Crippen molar-refractivity contribution in [3.63, 3.8) is 0 Å². The molecule has 0 aliphatic carbocycles. The van der Waals surface area contributed by atoms with Crippen LogP contribution in [0, 0.1) is 28.9 Å². The standard InChI is InChI=1S/C25H24N4O5/c1-3-14-9-10-16-15(12-14)25(24(32)26-16)21-20(19-8-5-11-27(19)25)22(30)28(23(21)31)17-6-4-7-18(13(17)2)29(33)34/h4,6-7,9-10,12,19-21H,3,5,8,11H2,1-2H3,(H,26,32)/t19-,20+,21-,25+/m0/s1. The Morgan fingerprint density at radius 2 is 1.97 bits per heavy atom. The van der Waals surface area contributed by atoms with Gasteiger partial charge in [-0.05, 0) is 50.4 Å². The van der Waals surface area contributed by atoms with Crippen LogP contribution < -0.4 is 10.2 Å². The molecule has 9 nitrogen and oxygen atoms in total. The predicted octanol–water partition coefficient (Wildman–Crippen LogP) is 2.90. The molecule has 0 bridgehead atoms. The zero-order valence-electron chi connectivity index (χ0n) is 18.9. The van der Waals surface area contributed by atoms with E-state index in [2.05, 4.69) is 10.2 Å². The number of rotatable bonds is 3. The first kappa shape index (κ1) is 21.0. The molecule has 9 heteroatoms. The van der Waals surface area contributed by atoms with Gasteiger partial charge < -0.3 is 5.32 Å². The molecule has 4 atom stereocenters. The number of amides is 3. The molecule has 4 aliphatic rings. The molecule has 0 unspecified atom stereocenters. The maximum absolute atomic E-state index is 14.1. The minimum absolute atomic E-state index is 0.149. The van der Waals surface area contributed by atoms with Crippen molar-refractivity contribution < 1.29 is 19.3 Å². The number of nitrogens with one attached hydrogen (secondary N) is 1. The topological polar surface area (TPSA) is 113 Å². The molecule has 2 aromatic rings. The fourth-order valence-corrected chi connectivity index (χ4v) is 6.76. The van der Waals surface area contributed by atoms with Crippen molar-refractivity contribution in [3.05, 3.63) is 63.2 Å². The van der Waals surface area contributed by atoms with E-state index in [0.717, 1.165) is 35.3 Å². The molecule has 4 aliphatic heterocycles. The lowest BCUT2D eigenvalue weighted by Crippen LogP contribution is -2.54. The fraction of sp³-hybridized carbons (Fsp3) is 0.400. The van der Waals surface area contributed by atoms with E-state index >= 15 is 0 Å². The number of hydrogen-bond acceptors (Lipinski definition) is 6. The first-order chi connectivity index (χ1) is 16.3. The van der Waals surface area contributed by atoms with Gasteiger partial charge in [0.25, 0.3) is 5.69 Å². The molecule has 1 spiro atoms. The Labute approximate surface area is 195 Å². The summed E-state index contributed by atoms with van der Waals surface area (Å²) in [5.74, 6) is -2.65. The number of aryl methyl sites for hydroxylation is 1. The summed E-state index contributed by atoms with van der Waals surface area (Å²) in [6, 6.07) is 10.0. The molecule has 3 saturated heterocycles. The summed E-state index contributed by atoms with van der Waals surface area (Å²) in [5.41, 5.74) is 1.58. The van der Waals surface area contributed by atoms with Crippen LogP contribution in [0.3, 0.4) is 0 Å². The van der Waals surface area contributed by atoms with Crippen LogP contribution >= 0.6 is 0 Å². The highest BCUT2D eigenvalue weighted by Crippen LogP contribution is 2.61. The lowest BCUT2D eigenvalue weighted by molar-refractivity contribution is -0.385. The number of nitro groups is 1. The van der Waals surface area contributed by atoms with Crippen molar-refractivity contribution in [2.45, 2.75) is 44.7 Å². The van der Waals surface area contributed by atoms with Gasteiger partial charge in [0.05, 0.1) is 28.0 Å². The van der Waals surface area contributed by atoms with Crippen LogP contribution in [0.2, 0.25) is 0 Å². The van der Waals surface area contributed by atoms with Crippen LogP contribution in [-0.4, -0.2) is 40.1 Å². The number of anilines is 2. The first-order valence-electron chi connectivity index (χ1n) is 11.7. The number of benzene rings is 2. The number of imide groups is 1. The number of nitro benzene ring substituents is 1. The molecular weight excluding hydrogens is 436 g/mol. The van der Waals surface area contributed by atoms with Crippen LogP contribution in [0.1, 0.15) is 36.5 Å². The molecule has 3 fully saturated rings. The van der Waals surface area contributed by atoms with E-state index in [9.17, 15) is 24.5 Å². The van der Waals surface area contributed by atoms with Gasteiger partial charge in [0.1, 0.15) is 5.54 Å². The molecule has 3 amide bonds. The quantitative estimate of drug-likeness (QED) is 0.428. The molecule has 0 aromatic heterocycles. The maximum atomic E-state index is 14.1. The third-order valence-corrected chi connectivity index (χ3v) is 8.18. The smallest absolute Gasteiger partial charge is 0.274 e. The highest BCUT2D eigenvalue weighted by atomic mass is 16.6. The van der Waals surface area contributed by atoms with Gasteiger partial charge >= 0.3 is 0 Å². The third-order valence-electron chi connectivity index (χ3n) is 8.18. The number of carbonyl (C=O) groups excluding carboxylic acids is 3. The Hall–Kier alpha value is -3.59. The first-order valence-corrected chi connectivity index (χ1v) is 11.7. The van der Waals surface area contributed by atoms with E-state index in [1.165, 1.54) is 12.1 Å². The minimum atomic E-state index is -1.25. The van der Waals surface area contributed by atoms with Crippen molar-refractivity contribution in [2.24, 2.45) is 11.8 Å². The minimum Gasteiger partial charge on any atom is -0.324 e. The Morgan fingerprint density at radius 1 is 1.18 bits per heavy atom. The van der Waals surface area contributed by atoms with E-state index in [4.69, 9.17) is 0 Å². The highest BCUT2D eigenvalue weighted by molar-refractivity contribution is 6.26. The predicted molar refractivity (Wildman–Crippen MR) is 123 cm³/mol. The number of fused-ring (bicyclic) bond motifs is 7. The molecular formula is C25H24N4O5. The van der Waals surface area contributed by atoms with E-state index in [1.807, 2.05) is 25.1 Å².